The predicted molar refractivity (Wildman–Crippen MR) is 83.9 cm³/mol. The molecule has 0 aliphatic heterocycles. The number of amides is 1. The molecule has 0 spiro atoms. The van der Waals surface area contributed by atoms with Crippen LogP contribution in [0.4, 0.5) is 15.8 Å². The first-order valence-corrected chi connectivity index (χ1v) is 6.83. The molecule has 3 nitrogen and oxygen atoms in total. The molecule has 0 aliphatic rings. The third-order valence-electron chi connectivity index (χ3n) is 3.27. The molecule has 2 aromatic carbocycles. The van der Waals surface area contributed by atoms with Crippen LogP contribution < -0.4 is 10.6 Å². The molecule has 0 fully saturated rings. The number of halogens is 1. The third kappa shape index (κ3) is 4.05. The Morgan fingerprint density at radius 1 is 1.10 bits per heavy atom. The Bertz CT molecular complexity index is 668. The zero-order valence-electron chi connectivity index (χ0n) is 12.5. The molecule has 4 heteroatoms. The van der Waals surface area contributed by atoms with Gasteiger partial charge in [0.2, 0.25) is 5.91 Å². The van der Waals surface area contributed by atoms with Crippen molar-refractivity contribution in [3.8, 4) is 0 Å². The van der Waals surface area contributed by atoms with Crippen LogP contribution in [0.5, 0.6) is 0 Å². The van der Waals surface area contributed by atoms with E-state index in [1.165, 1.54) is 13.0 Å². The van der Waals surface area contributed by atoms with E-state index in [0.29, 0.717) is 12.1 Å². The van der Waals surface area contributed by atoms with Crippen LogP contribution >= 0.6 is 0 Å². The molecule has 2 rings (SSSR count). The molecular formula is C17H19FN2O. The number of nitrogens with one attached hydrogen (secondary N) is 2. The number of aryl methyl sites for hydroxylation is 2. The van der Waals surface area contributed by atoms with Gasteiger partial charge in [-0.15, -0.1) is 0 Å². The number of hydrogen-bond acceptors (Lipinski definition) is 2. The molecule has 0 bridgehead atoms. The van der Waals surface area contributed by atoms with Crippen molar-refractivity contribution in [3.63, 3.8) is 0 Å². The van der Waals surface area contributed by atoms with E-state index < -0.39 is 0 Å². The molecule has 0 aromatic heterocycles. The lowest BCUT2D eigenvalue weighted by Gasteiger charge is -2.12. The van der Waals surface area contributed by atoms with Gasteiger partial charge in [-0.2, -0.15) is 0 Å². The van der Waals surface area contributed by atoms with Crippen molar-refractivity contribution < 1.29 is 9.18 Å². The summed E-state index contributed by atoms with van der Waals surface area (Å²) in [5, 5.41) is 6.07. The first kappa shape index (κ1) is 15.0. The second-order valence-electron chi connectivity index (χ2n) is 5.15. The summed E-state index contributed by atoms with van der Waals surface area (Å²) < 4.78 is 13.2. The number of anilines is 2. The lowest BCUT2D eigenvalue weighted by molar-refractivity contribution is -0.114. The lowest BCUT2D eigenvalue weighted by atomic mass is 10.1. The fourth-order valence-electron chi connectivity index (χ4n) is 2.08. The summed E-state index contributed by atoms with van der Waals surface area (Å²) in [4.78, 5) is 11.2. The average molecular weight is 286 g/mol. The lowest BCUT2D eigenvalue weighted by Crippen LogP contribution is -2.08. The summed E-state index contributed by atoms with van der Waals surface area (Å²) in [7, 11) is 0. The third-order valence-corrected chi connectivity index (χ3v) is 3.27. The highest BCUT2D eigenvalue weighted by molar-refractivity contribution is 5.90. The van der Waals surface area contributed by atoms with Crippen molar-refractivity contribution >= 4 is 17.3 Å². The molecule has 0 atom stereocenters. The van der Waals surface area contributed by atoms with Crippen molar-refractivity contribution in [3.05, 3.63) is 58.9 Å². The largest absolute Gasteiger partial charge is 0.381 e. The Balaban J connectivity index is 2.09. The van der Waals surface area contributed by atoms with Gasteiger partial charge in [0.15, 0.2) is 0 Å². The zero-order valence-corrected chi connectivity index (χ0v) is 12.5. The number of carbonyl (C=O) groups is 1. The van der Waals surface area contributed by atoms with Crippen molar-refractivity contribution in [1.29, 1.82) is 0 Å². The number of hydrogen-bond donors (Lipinski definition) is 2. The average Bonchev–Trinajstić information content (AvgIpc) is 2.43. The van der Waals surface area contributed by atoms with Gasteiger partial charge in [0.25, 0.3) is 0 Å². The maximum Gasteiger partial charge on any atom is 0.221 e. The normalized spacial score (nSPS) is 10.3. The van der Waals surface area contributed by atoms with Crippen molar-refractivity contribution in [1.82, 2.24) is 0 Å². The van der Waals surface area contributed by atoms with Gasteiger partial charge in [-0.05, 0) is 48.7 Å². The molecule has 0 unspecified atom stereocenters. The van der Waals surface area contributed by atoms with E-state index in [1.54, 1.807) is 13.0 Å². The van der Waals surface area contributed by atoms with Gasteiger partial charge in [0, 0.05) is 24.8 Å². The minimum atomic E-state index is -0.193. The molecule has 0 aliphatic carbocycles. The standard InChI is InChI=1S/C17H19FN2O/c1-11-4-6-15(9-17(11)20-13(3)21)19-10-14-5-7-16(18)12(2)8-14/h4-9,19H,10H2,1-3H3,(H,20,21). The smallest absolute Gasteiger partial charge is 0.221 e. The Kier molecular flexibility index (Phi) is 4.58. The predicted octanol–water partition coefficient (Wildman–Crippen LogP) is 4.01. The molecule has 0 saturated carbocycles. The second kappa shape index (κ2) is 6.39. The number of carbonyl (C=O) groups excluding carboxylic acids is 1. The van der Waals surface area contributed by atoms with Gasteiger partial charge < -0.3 is 10.6 Å². The molecule has 0 saturated heterocycles. The van der Waals surface area contributed by atoms with Crippen molar-refractivity contribution in [2.24, 2.45) is 0 Å². The highest BCUT2D eigenvalue weighted by Gasteiger charge is 2.03. The van der Waals surface area contributed by atoms with E-state index in [-0.39, 0.29) is 11.7 Å². The van der Waals surface area contributed by atoms with E-state index in [9.17, 15) is 9.18 Å². The highest BCUT2D eigenvalue weighted by Crippen LogP contribution is 2.21. The van der Waals surface area contributed by atoms with E-state index in [2.05, 4.69) is 10.6 Å². The second-order valence-corrected chi connectivity index (χ2v) is 5.15. The van der Waals surface area contributed by atoms with E-state index >= 15 is 0 Å². The first-order valence-electron chi connectivity index (χ1n) is 6.83. The highest BCUT2D eigenvalue weighted by atomic mass is 19.1. The minimum Gasteiger partial charge on any atom is -0.381 e. The topological polar surface area (TPSA) is 41.1 Å². The maximum atomic E-state index is 13.2. The fourth-order valence-corrected chi connectivity index (χ4v) is 2.08. The summed E-state index contributed by atoms with van der Waals surface area (Å²) in [6, 6.07) is 10.9. The molecule has 1 amide bonds. The molecule has 0 heterocycles. The minimum absolute atomic E-state index is 0.0931. The molecule has 0 radical (unpaired) electrons. The Morgan fingerprint density at radius 3 is 2.52 bits per heavy atom. The summed E-state index contributed by atoms with van der Waals surface area (Å²) in [5.41, 5.74) is 4.36. The van der Waals surface area contributed by atoms with Gasteiger partial charge in [-0.25, -0.2) is 4.39 Å². The quantitative estimate of drug-likeness (QED) is 0.891. The van der Waals surface area contributed by atoms with Gasteiger partial charge in [0.1, 0.15) is 5.82 Å². The monoisotopic (exact) mass is 286 g/mol. The fraction of sp³-hybridized carbons (Fsp3) is 0.235. The summed E-state index contributed by atoms with van der Waals surface area (Å²) in [6.07, 6.45) is 0. The number of benzene rings is 2. The molecule has 2 N–H and O–H groups in total. The molecule has 110 valence electrons. The van der Waals surface area contributed by atoms with Crippen LogP contribution in [0.2, 0.25) is 0 Å². The Morgan fingerprint density at radius 2 is 1.86 bits per heavy atom. The summed E-state index contributed by atoms with van der Waals surface area (Å²) >= 11 is 0. The van der Waals surface area contributed by atoms with E-state index in [4.69, 9.17) is 0 Å². The van der Waals surface area contributed by atoms with Crippen LogP contribution in [0.3, 0.4) is 0 Å². The summed E-state index contributed by atoms with van der Waals surface area (Å²) in [6.45, 7) is 5.78. The number of rotatable bonds is 4. The van der Waals surface area contributed by atoms with Crippen LogP contribution in [-0.4, -0.2) is 5.91 Å². The maximum absolute atomic E-state index is 13.2. The van der Waals surface area contributed by atoms with Crippen molar-refractivity contribution in [2.75, 3.05) is 10.6 Å². The van der Waals surface area contributed by atoms with Crippen LogP contribution in [0.25, 0.3) is 0 Å². The Labute approximate surface area is 124 Å². The first-order chi connectivity index (χ1) is 9.95. The summed E-state index contributed by atoms with van der Waals surface area (Å²) in [5.74, 6) is -0.286. The van der Waals surface area contributed by atoms with Crippen LogP contribution in [0.1, 0.15) is 23.6 Å². The molecule has 2 aromatic rings. The van der Waals surface area contributed by atoms with Crippen LogP contribution in [0, 0.1) is 19.7 Å². The van der Waals surface area contributed by atoms with E-state index in [0.717, 1.165) is 22.5 Å². The zero-order chi connectivity index (χ0) is 15.4. The molecule has 21 heavy (non-hydrogen) atoms. The van der Waals surface area contributed by atoms with Crippen molar-refractivity contribution in [2.45, 2.75) is 27.3 Å². The van der Waals surface area contributed by atoms with Gasteiger partial charge in [-0.3, -0.25) is 4.79 Å². The van der Waals surface area contributed by atoms with Gasteiger partial charge in [-0.1, -0.05) is 18.2 Å². The van der Waals surface area contributed by atoms with Crippen LogP contribution in [-0.2, 0) is 11.3 Å². The van der Waals surface area contributed by atoms with Crippen LogP contribution in [0.15, 0.2) is 36.4 Å². The van der Waals surface area contributed by atoms with Gasteiger partial charge in [0.05, 0.1) is 0 Å². The SMILES string of the molecule is CC(=O)Nc1cc(NCc2ccc(F)c(C)c2)ccc1C. The van der Waals surface area contributed by atoms with E-state index in [1.807, 2.05) is 31.2 Å². The molecular weight excluding hydrogens is 267 g/mol. The Hall–Kier alpha value is -2.36. The van der Waals surface area contributed by atoms with Gasteiger partial charge >= 0.3 is 0 Å².